The monoisotopic (exact) mass is 548 g/mol. The zero-order valence-corrected chi connectivity index (χ0v) is 23.9. The highest BCUT2D eigenvalue weighted by molar-refractivity contribution is 7.80. The fourth-order valence-electron chi connectivity index (χ4n) is 5.32. The van der Waals surface area contributed by atoms with Gasteiger partial charge in [-0.05, 0) is 86.6 Å². The fourth-order valence-corrected chi connectivity index (χ4v) is 5.90. The van der Waals surface area contributed by atoms with E-state index >= 15 is 0 Å². The predicted octanol–water partition coefficient (Wildman–Crippen LogP) is 6.57. The Hall–Kier alpha value is -3.13. The maximum Gasteiger partial charge on any atom is 0.174 e. The minimum atomic E-state index is -0.139. The van der Waals surface area contributed by atoms with Crippen molar-refractivity contribution < 1.29 is 9.47 Å². The van der Waals surface area contributed by atoms with E-state index in [-0.39, 0.29) is 17.6 Å². The number of nitrogens with one attached hydrogen (secondary N) is 1. The Labute approximate surface area is 235 Å². The SMILES string of the molecule is COCCOc1ccc(N2C(=S)N[C@@H](c3ccccn3)[C@@H]2c2ccc3c(c2)C(C)=CC(C)(C)N3C)cc1Cl. The molecular formula is C30H33ClN4O2S. The molecule has 8 heteroatoms. The number of ether oxygens (including phenoxy) is 2. The molecule has 1 N–H and O–H groups in total. The van der Waals surface area contributed by atoms with Crippen molar-refractivity contribution in [2.24, 2.45) is 0 Å². The molecule has 38 heavy (non-hydrogen) atoms. The number of anilines is 2. The van der Waals surface area contributed by atoms with E-state index in [2.05, 4.69) is 72.2 Å². The summed E-state index contributed by atoms with van der Waals surface area (Å²) in [4.78, 5) is 9.14. The van der Waals surface area contributed by atoms with Crippen LogP contribution in [0.5, 0.6) is 5.75 Å². The van der Waals surface area contributed by atoms with Crippen LogP contribution in [0.15, 0.2) is 66.9 Å². The van der Waals surface area contributed by atoms with Crippen molar-refractivity contribution in [2.75, 3.05) is 37.2 Å². The predicted molar refractivity (Wildman–Crippen MR) is 159 cm³/mol. The van der Waals surface area contributed by atoms with Crippen molar-refractivity contribution in [3.05, 3.63) is 88.7 Å². The third kappa shape index (κ3) is 4.86. The Balaban J connectivity index is 1.58. The molecule has 0 saturated carbocycles. The van der Waals surface area contributed by atoms with Gasteiger partial charge in [0, 0.05) is 37.3 Å². The first kappa shape index (κ1) is 26.5. The van der Waals surface area contributed by atoms with E-state index in [1.807, 2.05) is 42.6 Å². The summed E-state index contributed by atoms with van der Waals surface area (Å²) in [5.74, 6) is 0.614. The maximum absolute atomic E-state index is 6.66. The molecular weight excluding hydrogens is 516 g/mol. The molecule has 2 atom stereocenters. The molecule has 3 aromatic rings. The summed E-state index contributed by atoms with van der Waals surface area (Å²) < 4.78 is 10.9. The van der Waals surface area contributed by atoms with Crippen molar-refractivity contribution in [3.63, 3.8) is 0 Å². The molecule has 1 aromatic heterocycles. The number of aromatic nitrogens is 1. The maximum atomic E-state index is 6.66. The van der Waals surface area contributed by atoms with Gasteiger partial charge in [0.05, 0.1) is 34.9 Å². The average Bonchev–Trinajstić information content (AvgIpc) is 3.25. The molecule has 2 aromatic carbocycles. The number of nitrogens with zero attached hydrogens (tertiary/aromatic N) is 3. The summed E-state index contributed by atoms with van der Waals surface area (Å²) in [5, 5.41) is 4.68. The second-order valence-electron chi connectivity index (χ2n) is 10.3. The van der Waals surface area contributed by atoms with Gasteiger partial charge >= 0.3 is 0 Å². The largest absolute Gasteiger partial charge is 0.490 e. The summed E-state index contributed by atoms with van der Waals surface area (Å²) >= 11 is 12.6. The lowest BCUT2D eigenvalue weighted by atomic mass is 9.86. The van der Waals surface area contributed by atoms with Crippen LogP contribution in [0.25, 0.3) is 5.57 Å². The summed E-state index contributed by atoms with van der Waals surface area (Å²) in [7, 11) is 3.79. The van der Waals surface area contributed by atoms with Crippen LogP contribution in [-0.2, 0) is 4.74 Å². The zero-order valence-electron chi connectivity index (χ0n) is 22.4. The molecule has 0 bridgehead atoms. The van der Waals surface area contributed by atoms with Crippen LogP contribution in [0.3, 0.4) is 0 Å². The van der Waals surface area contributed by atoms with Crippen LogP contribution < -0.4 is 19.9 Å². The highest BCUT2D eigenvalue weighted by atomic mass is 35.5. The molecule has 2 aliphatic rings. The van der Waals surface area contributed by atoms with Gasteiger partial charge in [-0.15, -0.1) is 0 Å². The molecule has 0 amide bonds. The van der Waals surface area contributed by atoms with Crippen molar-refractivity contribution in [1.29, 1.82) is 0 Å². The zero-order chi connectivity index (χ0) is 27.0. The molecule has 0 spiro atoms. The molecule has 3 heterocycles. The van der Waals surface area contributed by atoms with Gasteiger partial charge in [-0.3, -0.25) is 4.98 Å². The molecule has 0 radical (unpaired) electrons. The van der Waals surface area contributed by atoms with Crippen molar-refractivity contribution in [1.82, 2.24) is 10.3 Å². The highest BCUT2D eigenvalue weighted by Crippen LogP contribution is 2.46. The van der Waals surface area contributed by atoms with Gasteiger partial charge in [-0.1, -0.05) is 29.8 Å². The first-order valence-electron chi connectivity index (χ1n) is 12.7. The number of methoxy groups -OCH3 is 1. The van der Waals surface area contributed by atoms with Crippen LogP contribution in [0.4, 0.5) is 11.4 Å². The number of rotatable bonds is 7. The summed E-state index contributed by atoms with van der Waals surface area (Å²) in [5.41, 5.74) is 6.61. The van der Waals surface area contributed by atoms with E-state index in [9.17, 15) is 0 Å². The van der Waals surface area contributed by atoms with Gasteiger partial charge in [-0.25, -0.2) is 0 Å². The van der Waals surface area contributed by atoms with Crippen molar-refractivity contribution in [3.8, 4) is 5.75 Å². The van der Waals surface area contributed by atoms with Crippen LogP contribution in [-0.4, -0.2) is 43.0 Å². The van der Waals surface area contributed by atoms with Crippen molar-refractivity contribution in [2.45, 2.75) is 38.4 Å². The normalized spacial score (nSPS) is 20.2. The smallest absolute Gasteiger partial charge is 0.174 e. The lowest BCUT2D eigenvalue weighted by molar-refractivity contribution is 0.146. The van der Waals surface area contributed by atoms with Crippen LogP contribution in [0.1, 0.15) is 49.7 Å². The number of benzene rings is 2. The number of fused-ring (bicyclic) bond motifs is 1. The molecule has 2 aliphatic heterocycles. The second-order valence-corrected chi connectivity index (χ2v) is 11.1. The summed E-state index contributed by atoms with van der Waals surface area (Å²) in [6.07, 6.45) is 4.15. The first-order chi connectivity index (χ1) is 18.2. The van der Waals surface area contributed by atoms with Crippen LogP contribution in [0.2, 0.25) is 5.02 Å². The van der Waals surface area contributed by atoms with E-state index in [0.717, 1.165) is 16.9 Å². The summed E-state index contributed by atoms with van der Waals surface area (Å²) in [6.45, 7) is 7.57. The van der Waals surface area contributed by atoms with Gasteiger partial charge in [0.1, 0.15) is 12.4 Å². The molecule has 1 saturated heterocycles. The second kappa shape index (κ2) is 10.6. The van der Waals surface area contributed by atoms with Gasteiger partial charge < -0.3 is 24.6 Å². The van der Waals surface area contributed by atoms with Gasteiger partial charge in [0.2, 0.25) is 0 Å². The molecule has 1 fully saturated rings. The number of halogens is 1. The number of pyridine rings is 1. The molecule has 198 valence electrons. The Bertz CT molecular complexity index is 1380. The first-order valence-corrected chi connectivity index (χ1v) is 13.5. The Morgan fingerprint density at radius 1 is 1.11 bits per heavy atom. The number of likely N-dealkylation sites (N-methyl/N-ethyl adjacent to an activating group) is 1. The fraction of sp³-hybridized carbons (Fsp3) is 0.333. The topological polar surface area (TPSA) is 49.9 Å². The molecule has 5 rings (SSSR count). The Kier molecular flexibility index (Phi) is 7.36. The van der Waals surface area contributed by atoms with Crippen LogP contribution >= 0.6 is 23.8 Å². The number of hydrogen-bond donors (Lipinski definition) is 1. The quantitative estimate of drug-likeness (QED) is 0.265. The molecule has 6 nitrogen and oxygen atoms in total. The third-order valence-electron chi connectivity index (χ3n) is 7.42. The van der Waals surface area contributed by atoms with Gasteiger partial charge in [-0.2, -0.15) is 0 Å². The van der Waals surface area contributed by atoms with E-state index in [1.165, 1.54) is 16.8 Å². The number of hydrogen-bond acceptors (Lipinski definition) is 5. The van der Waals surface area contributed by atoms with Crippen LogP contribution in [0, 0.1) is 0 Å². The number of allylic oxidation sites excluding steroid dienone is 1. The van der Waals surface area contributed by atoms with E-state index in [4.69, 9.17) is 33.3 Å². The van der Waals surface area contributed by atoms with Gasteiger partial charge in [0.15, 0.2) is 5.11 Å². The lowest BCUT2D eigenvalue weighted by Crippen LogP contribution is -2.42. The van der Waals surface area contributed by atoms with Crippen molar-refractivity contribution >= 4 is 45.9 Å². The average molecular weight is 549 g/mol. The van der Waals surface area contributed by atoms with E-state index in [0.29, 0.717) is 29.1 Å². The minimum absolute atomic E-state index is 0.0541. The lowest BCUT2D eigenvalue weighted by Gasteiger charge is -2.41. The Morgan fingerprint density at radius 3 is 2.63 bits per heavy atom. The highest BCUT2D eigenvalue weighted by Gasteiger charge is 2.41. The van der Waals surface area contributed by atoms with Gasteiger partial charge in [0.25, 0.3) is 0 Å². The minimum Gasteiger partial charge on any atom is -0.490 e. The summed E-state index contributed by atoms with van der Waals surface area (Å²) in [6, 6.07) is 18.2. The van der Waals surface area contributed by atoms with E-state index in [1.54, 1.807) is 7.11 Å². The molecule has 0 aliphatic carbocycles. The molecule has 0 unspecified atom stereocenters. The van der Waals surface area contributed by atoms with E-state index < -0.39 is 0 Å². The Morgan fingerprint density at radius 2 is 1.92 bits per heavy atom. The number of thiocarbonyl (C=S) groups is 1. The standard InChI is InChI=1S/C30H33ClN4O2S/c1-19-18-30(2,3)34(4)25-11-9-20(16-22(19)25)28-27(24-8-6-7-13-32-24)33-29(38)35(28)21-10-12-26(23(31)17-21)37-15-14-36-5/h6-13,16-18,27-28H,14-15H2,1-5H3,(H,33,38)/t27-,28-/m0/s1. The third-order valence-corrected chi connectivity index (χ3v) is 8.03.